The molecule has 6 rings (SSSR count). The highest BCUT2D eigenvalue weighted by atomic mass is 19.1. The minimum atomic E-state index is -0.946. The van der Waals surface area contributed by atoms with Gasteiger partial charge in [0, 0.05) is 18.9 Å². The summed E-state index contributed by atoms with van der Waals surface area (Å²) in [7, 11) is 0. The van der Waals surface area contributed by atoms with Crippen LogP contribution in [0.5, 0.6) is 5.88 Å². The third kappa shape index (κ3) is 2.83. The van der Waals surface area contributed by atoms with E-state index < -0.39 is 23.3 Å². The first-order valence-electron chi connectivity index (χ1n) is 10.3. The first-order valence-corrected chi connectivity index (χ1v) is 10.3. The Morgan fingerprint density at radius 1 is 1.13 bits per heavy atom. The normalized spacial score (nSPS) is 29.6. The van der Waals surface area contributed by atoms with Crippen LogP contribution in [0.3, 0.4) is 0 Å². The zero-order valence-electron chi connectivity index (χ0n) is 16.7. The van der Waals surface area contributed by atoms with Crippen molar-refractivity contribution in [1.29, 1.82) is 0 Å². The van der Waals surface area contributed by atoms with Crippen LogP contribution in [0.15, 0.2) is 35.0 Å². The van der Waals surface area contributed by atoms with Crippen molar-refractivity contribution in [1.82, 2.24) is 14.9 Å². The number of ether oxygens (including phenoxy) is 2. The number of halogens is 2. The fraction of sp³-hybridized carbons (Fsp3) is 0.409. The van der Waals surface area contributed by atoms with Gasteiger partial charge in [-0.05, 0) is 43.5 Å². The Bertz CT molecular complexity index is 1190. The fourth-order valence-corrected chi connectivity index (χ4v) is 5.04. The Morgan fingerprint density at radius 2 is 1.90 bits per heavy atom. The number of carbonyl (C=O) groups is 1. The Kier molecular flexibility index (Phi) is 3.89. The maximum absolute atomic E-state index is 13.7. The third-order valence-electron chi connectivity index (χ3n) is 6.40. The molecule has 7 nitrogen and oxygen atoms in total. The highest BCUT2D eigenvalue weighted by Gasteiger charge is 2.63. The van der Waals surface area contributed by atoms with E-state index in [1.54, 1.807) is 4.90 Å². The first kappa shape index (κ1) is 18.7. The van der Waals surface area contributed by atoms with Crippen molar-refractivity contribution < 1.29 is 27.5 Å². The Morgan fingerprint density at radius 3 is 2.68 bits per heavy atom. The van der Waals surface area contributed by atoms with E-state index in [4.69, 9.17) is 13.9 Å². The molecule has 2 saturated heterocycles. The standard InChI is InChI=1S/C22H19F2N3O4/c1-11-4-16-19(29-11)25-10-26-20(16)30-15-8-22(9-15)21(28)27-17(2-3-18(27)31-22)12-5-13(23)7-14(24)6-12/h4-7,10,15,17-18H,2-3,8-9H2,1H3/t15?,17-,18+,22?/m0/s1. The van der Waals surface area contributed by atoms with Gasteiger partial charge in [0.25, 0.3) is 5.91 Å². The van der Waals surface area contributed by atoms with Gasteiger partial charge in [0.15, 0.2) is 5.60 Å². The van der Waals surface area contributed by atoms with Gasteiger partial charge in [0.1, 0.15) is 41.4 Å². The van der Waals surface area contributed by atoms with Crippen LogP contribution in [-0.4, -0.2) is 38.7 Å². The largest absolute Gasteiger partial charge is 0.473 e. The monoisotopic (exact) mass is 427 g/mol. The summed E-state index contributed by atoms with van der Waals surface area (Å²) >= 11 is 0. The second-order valence-corrected chi connectivity index (χ2v) is 8.48. The molecule has 2 aromatic heterocycles. The van der Waals surface area contributed by atoms with E-state index in [9.17, 15) is 13.6 Å². The van der Waals surface area contributed by atoms with Crippen LogP contribution >= 0.6 is 0 Å². The Balaban J connectivity index is 1.20. The summed E-state index contributed by atoms with van der Waals surface area (Å²) in [5.74, 6) is -0.315. The zero-order chi connectivity index (χ0) is 21.3. The lowest BCUT2D eigenvalue weighted by Crippen LogP contribution is -2.56. The lowest BCUT2D eigenvalue weighted by atomic mass is 9.76. The van der Waals surface area contributed by atoms with Gasteiger partial charge in [-0.3, -0.25) is 4.79 Å². The van der Waals surface area contributed by atoms with Crippen LogP contribution in [0.1, 0.15) is 43.0 Å². The molecule has 1 amide bonds. The van der Waals surface area contributed by atoms with E-state index in [1.807, 2.05) is 13.0 Å². The minimum Gasteiger partial charge on any atom is -0.473 e. The quantitative estimate of drug-likeness (QED) is 0.633. The summed E-state index contributed by atoms with van der Waals surface area (Å²) < 4.78 is 45.1. The zero-order valence-corrected chi connectivity index (χ0v) is 16.7. The lowest BCUT2D eigenvalue weighted by molar-refractivity contribution is -0.162. The van der Waals surface area contributed by atoms with E-state index in [0.29, 0.717) is 54.0 Å². The molecule has 3 aromatic rings. The van der Waals surface area contributed by atoms with Crippen LogP contribution in [0.4, 0.5) is 8.78 Å². The number of hydrogen-bond donors (Lipinski definition) is 0. The molecule has 160 valence electrons. The summed E-state index contributed by atoms with van der Waals surface area (Å²) in [5, 5.41) is 0.688. The van der Waals surface area contributed by atoms with E-state index >= 15 is 0 Å². The topological polar surface area (TPSA) is 77.7 Å². The Labute approximate surface area is 176 Å². The molecule has 4 heterocycles. The van der Waals surface area contributed by atoms with E-state index in [1.165, 1.54) is 18.5 Å². The fourth-order valence-electron chi connectivity index (χ4n) is 5.04. The summed E-state index contributed by atoms with van der Waals surface area (Å²) in [4.78, 5) is 23.2. The van der Waals surface area contributed by atoms with Gasteiger partial charge in [0.05, 0.1) is 6.04 Å². The predicted octanol–water partition coefficient (Wildman–Crippen LogP) is 3.81. The van der Waals surface area contributed by atoms with Gasteiger partial charge < -0.3 is 18.8 Å². The van der Waals surface area contributed by atoms with Crippen molar-refractivity contribution in [3.05, 3.63) is 53.6 Å². The molecule has 2 aliphatic heterocycles. The molecular weight excluding hydrogens is 408 g/mol. The number of furan rings is 1. The summed E-state index contributed by atoms with van der Waals surface area (Å²) in [6.07, 6.45) is 2.79. The molecule has 1 saturated carbocycles. The van der Waals surface area contributed by atoms with Crippen molar-refractivity contribution in [2.45, 2.75) is 56.6 Å². The van der Waals surface area contributed by atoms with Crippen molar-refractivity contribution in [2.24, 2.45) is 0 Å². The number of carbonyl (C=O) groups excluding carboxylic acids is 1. The van der Waals surface area contributed by atoms with E-state index in [-0.39, 0.29) is 18.2 Å². The number of nitrogens with zero attached hydrogens (tertiary/aromatic N) is 3. The predicted molar refractivity (Wildman–Crippen MR) is 103 cm³/mol. The third-order valence-corrected chi connectivity index (χ3v) is 6.40. The van der Waals surface area contributed by atoms with Gasteiger partial charge in [-0.1, -0.05) is 0 Å². The second-order valence-electron chi connectivity index (χ2n) is 8.48. The number of amides is 1. The number of aryl methyl sites for hydroxylation is 1. The molecule has 0 radical (unpaired) electrons. The molecule has 2 atom stereocenters. The molecule has 1 aromatic carbocycles. The molecule has 1 spiro atoms. The SMILES string of the molecule is Cc1cc2c(OC3CC4(C3)O[C@@H]3CC[C@@H](c5cc(F)cc(F)c5)N3C4=O)ncnc2o1. The van der Waals surface area contributed by atoms with Crippen molar-refractivity contribution in [3.8, 4) is 5.88 Å². The van der Waals surface area contributed by atoms with E-state index in [0.717, 1.165) is 6.07 Å². The van der Waals surface area contributed by atoms with Crippen LogP contribution in [-0.2, 0) is 9.53 Å². The molecule has 0 bridgehead atoms. The summed E-state index contributed by atoms with van der Waals surface area (Å²) in [5.41, 5.74) is -0.0337. The van der Waals surface area contributed by atoms with Crippen molar-refractivity contribution >= 4 is 17.0 Å². The number of hydrogen-bond acceptors (Lipinski definition) is 6. The summed E-state index contributed by atoms with van der Waals surface area (Å²) in [6, 6.07) is 4.83. The number of aromatic nitrogens is 2. The first-order chi connectivity index (χ1) is 14.9. The van der Waals surface area contributed by atoms with Crippen molar-refractivity contribution in [3.63, 3.8) is 0 Å². The average molecular weight is 427 g/mol. The van der Waals surface area contributed by atoms with Crippen LogP contribution in [0.25, 0.3) is 11.1 Å². The second kappa shape index (κ2) is 6.46. The van der Waals surface area contributed by atoms with Gasteiger partial charge in [-0.25, -0.2) is 18.7 Å². The Hall–Kier alpha value is -3.07. The molecule has 0 N–H and O–H groups in total. The average Bonchev–Trinajstić information content (AvgIpc) is 3.34. The molecular formula is C22H19F2N3O4. The van der Waals surface area contributed by atoms with Gasteiger partial charge >= 0.3 is 0 Å². The molecule has 3 fully saturated rings. The van der Waals surface area contributed by atoms with E-state index in [2.05, 4.69) is 9.97 Å². The summed E-state index contributed by atoms with van der Waals surface area (Å²) in [6.45, 7) is 1.82. The van der Waals surface area contributed by atoms with Gasteiger partial charge in [0.2, 0.25) is 11.6 Å². The van der Waals surface area contributed by atoms with Crippen LogP contribution < -0.4 is 4.74 Å². The smallest absolute Gasteiger partial charge is 0.257 e. The maximum Gasteiger partial charge on any atom is 0.257 e. The molecule has 3 aliphatic rings. The van der Waals surface area contributed by atoms with Gasteiger partial charge in [-0.15, -0.1) is 0 Å². The number of rotatable bonds is 3. The molecule has 31 heavy (non-hydrogen) atoms. The van der Waals surface area contributed by atoms with Gasteiger partial charge in [-0.2, -0.15) is 0 Å². The maximum atomic E-state index is 13.7. The number of benzene rings is 1. The number of fused-ring (bicyclic) bond motifs is 2. The molecule has 0 unspecified atom stereocenters. The van der Waals surface area contributed by atoms with Crippen LogP contribution in [0, 0.1) is 18.6 Å². The lowest BCUT2D eigenvalue weighted by Gasteiger charge is -2.42. The highest BCUT2D eigenvalue weighted by molar-refractivity contribution is 5.89. The van der Waals surface area contributed by atoms with Crippen LogP contribution in [0.2, 0.25) is 0 Å². The van der Waals surface area contributed by atoms with Crippen molar-refractivity contribution in [2.75, 3.05) is 0 Å². The highest BCUT2D eigenvalue weighted by Crippen LogP contribution is 2.52. The minimum absolute atomic E-state index is 0.142. The molecule has 9 heteroatoms. The molecule has 1 aliphatic carbocycles.